The molecule has 2 rings (SSSR count). The third kappa shape index (κ3) is 1.29. The summed E-state index contributed by atoms with van der Waals surface area (Å²) in [5.41, 5.74) is 2.54. The number of hydrogen-bond donors (Lipinski definition) is 2. The van der Waals surface area contributed by atoms with E-state index in [1.807, 2.05) is 13.8 Å². The zero-order chi connectivity index (χ0) is 10.3. The Labute approximate surface area is 82.0 Å². The first-order valence-electron chi connectivity index (χ1n) is 4.67. The van der Waals surface area contributed by atoms with Gasteiger partial charge in [0.05, 0.1) is 0 Å². The Morgan fingerprint density at radius 1 is 1.36 bits per heavy atom. The Morgan fingerprint density at radius 3 is 2.71 bits per heavy atom. The predicted octanol–water partition coefficient (Wildman–Crippen LogP) is 1.02. The SMILES string of the molecule is Cc1bc(C(C)C)c2c(=O)[nH][nH]c2n1. The summed E-state index contributed by atoms with van der Waals surface area (Å²) >= 11 is 0. The normalized spacial score (nSPS) is 11.1. The van der Waals surface area contributed by atoms with Gasteiger partial charge in [0, 0.05) is 0 Å². The summed E-state index contributed by atoms with van der Waals surface area (Å²) in [6, 6.07) is 0. The number of H-pyrrole nitrogens is 2. The maximum atomic E-state index is 11.5. The van der Waals surface area contributed by atoms with Crippen molar-refractivity contribution in [3.05, 3.63) is 21.4 Å². The van der Waals surface area contributed by atoms with Crippen LogP contribution >= 0.6 is 0 Å². The van der Waals surface area contributed by atoms with Gasteiger partial charge >= 0.3 is 81.2 Å². The molecule has 14 heavy (non-hydrogen) atoms. The molecule has 0 aliphatic carbocycles. The van der Waals surface area contributed by atoms with Crippen LogP contribution in [-0.2, 0) is 0 Å². The molecular formula is C9H12BN3O. The van der Waals surface area contributed by atoms with Crippen molar-refractivity contribution in [2.75, 3.05) is 0 Å². The molecular weight excluding hydrogens is 177 g/mol. The van der Waals surface area contributed by atoms with E-state index in [2.05, 4.69) is 29.0 Å². The van der Waals surface area contributed by atoms with Gasteiger partial charge in [0.1, 0.15) is 0 Å². The molecule has 2 aromatic heterocycles. The van der Waals surface area contributed by atoms with E-state index < -0.39 is 0 Å². The Kier molecular flexibility index (Phi) is 2.02. The Balaban J connectivity index is 2.91. The van der Waals surface area contributed by atoms with E-state index in [9.17, 15) is 4.79 Å². The summed E-state index contributed by atoms with van der Waals surface area (Å²) in [6.07, 6.45) is 0. The minimum absolute atomic E-state index is 0.0869. The number of fused-ring (bicyclic) bond motifs is 1. The van der Waals surface area contributed by atoms with E-state index in [1.165, 1.54) is 0 Å². The van der Waals surface area contributed by atoms with Crippen LogP contribution in [0.5, 0.6) is 0 Å². The van der Waals surface area contributed by atoms with E-state index >= 15 is 0 Å². The molecule has 0 aliphatic heterocycles. The van der Waals surface area contributed by atoms with Crippen LogP contribution in [0.15, 0.2) is 4.79 Å². The molecule has 0 saturated heterocycles. The summed E-state index contributed by atoms with van der Waals surface area (Å²) in [5, 5.41) is 6.02. The summed E-state index contributed by atoms with van der Waals surface area (Å²) in [5.74, 6) is 0.330. The van der Waals surface area contributed by atoms with Gasteiger partial charge in [0.2, 0.25) is 0 Å². The number of aromatic amines is 2. The summed E-state index contributed by atoms with van der Waals surface area (Å²) in [7, 11) is 0. The second-order valence-electron chi connectivity index (χ2n) is 3.81. The summed E-state index contributed by atoms with van der Waals surface area (Å²) in [6.45, 7) is 8.04. The van der Waals surface area contributed by atoms with E-state index in [1.54, 1.807) is 0 Å². The fraction of sp³-hybridized carbons (Fsp3) is 0.444. The van der Waals surface area contributed by atoms with Gasteiger partial charge in [0.15, 0.2) is 0 Å². The van der Waals surface area contributed by atoms with Gasteiger partial charge in [-0.15, -0.1) is 0 Å². The average molecular weight is 189 g/mol. The molecule has 0 atom stereocenters. The van der Waals surface area contributed by atoms with Crippen molar-refractivity contribution in [2.45, 2.75) is 26.7 Å². The molecule has 0 saturated carbocycles. The van der Waals surface area contributed by atoms with E-state index in [4.69, 9.17) is 0 Å². The molecule has 0 bridgehead atoms. The average Bonchev–Trinajstić information content (AvgIpc) is 2.46. The standard InChI is InChI=1S/C9H12BN3O/c1-4(2)7-6-8(11-5(3)10-7)12-13-9(6)14/h4H,1-3H3,(H2,11,12,13,14). The van der Waals surface area contributed by atoms with Crippen LogP contribution in [-0.4, -0.2) is 22.1 Å². The number of rotatable bonds is 1. The molecule has 0 spiro atoms. The zero-order valence-corrected chi connectivity index (χ0v) is 8.51. The van der Waals surface area contributed by atoms with Crippen molar-refractivity contribution in [2.24, 2.45) is 0 Å². The van der Waals surface area contributed by atoms with Crippen molar-refractivity contribution < 1.29 is 0 Å². The second-order valence-corrected chi connectivity index (χ2v) is 3.81. The molecule has 0 fully saturated rings. The van der Waals surface area contributed by atoms with E-state index in [-0.39, 0.29) is 5.56 Å². The van der Waals surface area contributed by atoms with Gasteiger partial charge in [0.25, 0.3) is 0 Å². The van der Waals surface area contributed by atoms with Crippen LogP contribution < -0.4 is 5.56 Å². The molecule has 2 aromatic rings. The molecule has 2 heterocycles. The molecule has 4 nitrogen and oxygen atoms in total. The monoisotopic (exact) mass is 189 g/mol. The summed E-state index contributed by atoms with van der Waals surface area (Å²) in [4.78, 5) is 15.7. The first-order chi connectivity index (χ1) is 6.59. The fourth-order valence-corrected chi connectivity index (χ4v) is 1.66. The number of nitrogens with zero attached hydrogens (tertiary/aromatic N) is 1. The predicted molar refractivity (Wildman–Crippen MR) is 56.9 cm³/mol. The van der Waals surface area contributed by atoms with Crippen molar-refractivity contribution in [1.82, 2.24) is 15.2 Å². The molecule has 0 aliphatic rings. The quantitative estimate of drug-likeness (QED) is 0.703. The first kappa shape index (κ1) is 9.18. The molecule has 0 unspecified atom stereocenters. The van der Waals surface area contributed by atoms with Gasteiger partial charge < -0.3 is 0 Å². The van der Waals surface area contributed by atoms with Crippen LogP contribution in [0.2, 0.25) is 0 Å². The molecule has 72 valence electrons. The van der Waals surface area contributed by atoms with E-state index in [0.717, 1.165) is 11.0 Å². The van der Waals surface area contributed by atoms with Gasteiger partial charge in [-0.1, -0.05) is 0 Å². The third-order valence-corrected chi connectivity index (χ3v) is 2.32. The topological polar surface area (TPSA) is 61.5 Å². The minimum atomic E-state index is -0.0869. The number of nitrogens with one attached hydrogen (secondary N) is 2. The Bertz CT molecular complexity index is 526. The summed E-state index contributed by atoms with van der Waals surface area (Å²) < 4.78 is 0. The Hall–Kier alpha value is -1.39. The molecule has 0 radical (unpaired) electrons. The molecule has 5 heteroatoms. The van der Waals surface area contributed by atoms with Crippen LogP contribution in [0, 0.1) is 6.92 Å². The third-order valence-electron chi connectivity index (χ3n) is 2.32. The van der Waals surface area contributed by atoms with Crippen LogP contribution in [0.1, 0.15) is 30.8 Å². The maximum absolute atomic E-state index is 11.5. The first-order valence-corrected chi connectivity index (χ1v) is 4.67. The van der Waals surface area contributed by atoms with Crippen molar-refractivity contribution in [3.63, 3.8) is 0 Å². The van der Waals surface area contributed by atoms with Crippen molar-refractivity contribution in [1.29, 1.82) is 0 Å². The van der Waals surface area contributed by atoms with Gasteiger partial charge in [-0.3, -0.25) is 0 Å². The van der Waals surface area contributed by atoms with Crippen LogP contribution in [0.25, 0.3) is 11.0 Å². The van der Waals surface area contributed by atoms with Crippen molar-refractivity contribution >= 4 is 17.9 Å². The second kappa shape index (κ2) is 3.08. The molecule has 0 amide bonds. The number of hydrogen-bond acceptors (Lipinski definition) is 2. The van der Waals surface area contributed by atoms with E-state index in [0.29, 0.717) is 17.0 Å². The van der Waals surface area contributed by atoms with Crippen LogP contribution in [0.4, 0.5) is 0 Å². The van der Waals surface area contributed by atoms with Crippen molar-refractivity contribution in [3.8, 4) is 0 Å². The molecule has 0 aromatic carbocycles. The van der Waals surface area contributed by atoms with Crippen LogP contribution in [0.3, 0.4) is 0 Å². The van der Waals surface area contributed by atoms with Gasteiger partial charge in [-0.2, -0.15) is 0 Å². The van der Waals surface area contributed by atoms with Gasteiger partial charge in [-0.05, 0) is 0 Å². The molecule has 2 N–H and O–H groups in total. The zero-order valence-electron chi connectivity index (χ0n) is 8.51. The Morgan fingerprint density at radius 2 is 2.07 bits per heavy atom. The van der Waals surface area contributed by atoms with Gasteiger partial charge in [-0.25, -0.2) is 0 Å². The fourth-order valence-electron chi connectivity index (χ4n) is 1.66. The number of aromatic nitrogens is 3. The number of aryl methyl sites for hydroxylation is 1.